The van der Waals surface area contributed by atoms with Crippen LogP contribution in [0.4, 0.5) is 10.3 Å². The summed E-state index contributed by atoms with van der Waals surface area (Å²) in [7, 11) is 0. The third-order valence-corrected chi connectivity index (χ3v) is 3.87. The molecule has 0 unspecified atom stereocenters. The molecule has 1 aromatic heterocycles. The van der Waals surface area contributed by atoms with Crippen LogP contribution in [0.1, 0.15) is 31.0 Å². The summed E-state index contributed by atoms with van der Waals surface area (Å²) >= 11 is 1.51. The number of nitrogen functional groups attached to an aromatic ring is 1. The van der Waals surface area contributed by atoms with E-state index in [0.717, 1.165) is 16.3 Å². The lowest BCUT2D eigenvalue weighted by atomic mass is 10.1. The zero-order chi connectivity index (χ0) is 14.0. The fraction of sp³-hybridized carbons (Fsp3) is 0.385. The van der Waals surface area contributed by atoms with Crippen LogP contribution in [0.3, 0.4) is 0 Å². The Morgan fingerprint density at radius 2 is 2.11 bits per heavy atom. The first kappa shape index (κ1) is 13.9. The van der Waals surface area contributed by atoms with Crippen LogP contribution in [0.15, 0.2) is 23.4 Å². The number of nitrogens with zero attached hydrogens (tertiary/aromatic N) is 3. The molecule has 0 spiro atoms. The minimum atomic E-state index is -0.217. The molecule has 0 bridgehead atoms. The van der Waals surface area contributed by atoms with Gasteiger partial charge in [0, 0.05) is 11.8 Å². The molecule has 0 atom stereocenters. The van der Waals surface area contributed by atoms with Gasteiger partial charge in [0.15, 0.2) is 5.16 Å². The molecule has 2 N–H and O–H groups in total. The van der Waals surface area contributed by atoms with E-state index in [-0.39, 0.29) is 11.9 Å². The maximum atomic E-state index is 13.2. The second kappa shape index (κ2) is 5.61. The molecule has 2 rings (SSSR count). The topological polar surface area (TPSA) is 56.7 Å². The second-order valence-corrected chi connectivity index (χ2v) is 5.61. The number of anilines is 1. The third-order valence-electron chi connectivity index (χ3n) is 2.88. The average Bonchev–Trinajstić information content (AvgIpc) is 2.72. The van der Waals surface area contributed by atoms with Crippen LogP contribution < -0.4 is 5.73 Å². The van der Waals surface area contributed by atoms with Crippen LogP contribution >= 0.6 is 11.8 Å². The lowest BCUT2D eigenvalue weighted by Crippen LogP contribution is -2.07. The van der Waals surface area contributed by atoms with Crippen LogP contribution in [-0.2, 0) is 5.75 Å². The van der Waals surface area contributed by atoms with E-state index < -0.39 is 0 Å². The van der Waals surface area contributed by atoms with Crippen LogP contribution in [0, 0.1) is 12.7 Å². The van der Waals surface area contributed by atoms with Crippen molar-refractivity contribution in [2.24, 2.45) is 0 Å². The summed E-state index contributed by atoms with van der Waals surface area (Å²) in [4.78, 5) is 0. The lowest BCUT2D eigenvalue weighted by Gasteiger charge is -2.11. The van der Waals surface area contributed by atoms with E-state index in [1.165, 1.54) is 17.8 Å². The lowest BCUT2D eigenvalue weighted by molar-refractivity contribution is 0.557. The Kier molecular flexibility index (Phi) is 4.09. The Labute approximate surface area is 116 Å². The van der Waals surface area contributed by atoms with Gasteiger partial charge in [0.1, 0.15) is 5.82 Å². The standard InChI is InChI=1S/C13H17FN4S/c1-8(2)18-12(15)16-17-13(18)19-7-10-6-11(14)5-4-9(10)3/h4-6,8H,7H2,1-3H3,(H2,15,16). The molecular formula is C13H17FN4S. The number of hydrogen-bond acceptors (Lipinski definition) is 4. The van der Waals surface area contributed by atoms with Gasteiger partial charge in [0.05, 0.1) is 0 Å². The Balaban J connectivity index is 2.17. The van der Waals surface area contributed by atoms with Crippen molar-refractivity contribution in [3.05, 3.63) is 35.1 Å². The minimum Gasteiger partial charge on any atom is -0.368 e. The second-order valence-electron chi connectivity index (χ2n) is 4.66. The molecule has 0 saturated heterocycles. The van der Waals surface area contributed by atoms with Crippen LogP contribution in [-0.4, -0.2) is 14.8 Å². The molecule has 0 amide bonds. The zero-order valence-corrected chi connectivity index (χ0v) is 12.0. The van der Waals surface area contributed by atoms with E-state index in [0.29, 0.717) is 11.7 Å². The summed E-state index contributed by atoms with van der Waals surface area (Å²) in [6.45, 7) is 6.02. The van der Waals surface area contributed by atoms with E-state index in [1.807, 2.05) is 25.3 Å². The van der Waals surface area contributed by atoms with Crippen molar-refractivity contribution in [2.45, 2.75) is 37.7 Å². The Bertz CT molecular complexity index is 580. The number of hydrogen-bond donors (Lipinski definition) is 1. The Morgan fingerprint density at radius 3 is 2.79 bits per heavy atom. The molecule has 19 heavy (non-hydrogen) atoms. The van der Waals surface area contributed by atoms with Gasteiger partial charge in [-0.2, -0.15) is 0 Å². The predicted octanol–water partition coefficient (Wildman–Crippen LogP) is 3.18. The van der Waals surface area contributed by atoms with Crippen molar-refractivity contribution in [1.82, 2.24) is 14.8 Å². The molecule has 1 heterocycles. The van der Waals surface area contributed by atoms with Gasteiger partial charge in [-0.15, -0.1) is 10.2 Å². The molecular weight excluding hydrogens is 263 g/mol. The first-order chi connectivity index (χ1) is 8.99. The van der Waals surface area contributed by atoms with Gasteiger partial charge < -0.3 is 5.73 Å². The van der Waals surface area contributed by atoms with Gasteiger partial charge in [-0.25, -0.2) is 4.39 Å². The molecule has 0 aliphatic heterocycles. The van der Waals surface area contributed by atoms with E-state index in [4.69, 9.17) is 5.73 Å². The van der Waals surface area contributed by atoms with Crippen molar-refractivity contribution in [1.29, 1.82) is 0 Å². The highest BCUT2D eigenvalue weighted by Gasteiger charge is 2.13. The van der Waals surface area contributed by atoms with Crippen LogP contribution in [0.25, 0.3) is 0 Å². The first-order valence-corrected chi connectivity index (χ1v) is 7.05. The number of nitrogens with two attached hydrogens (primary N) is 1. The number of halogens is 1. The van der Waals surface area contributed by atoms with Crippen LogP contribution in [0.5, 0.6) is 0 Å². The van der Waals surface area contributed by atoms with E-state index >= 15 is 0 Å². The molecule has 6 heteroatoms. The van der Waals surface area contributed by atoms with Gasteiger partial charge in [-0.1, -0.05) is 17.8 Å². The number of aromatic nitrogens is 3. The van der Waals surface area contributed by atoms with Gasteiger partial charge in [0.2, 0.25) is 5.95 Å². The SMILES string of the molecule is Cc1ccc(F)cc1CSc1nnc(N)n1C(C)C. The van der Waals surface area contributed by atoms with Gasteiger partial charge >= 0.3 is 0 Å². The fourth-order valence-corrected chi connectivity index (χ4v) is 2.95. The van der Waals surface area contributed by atoms with Crippen molar-refractivity contribution >= 4 is 17.7 Å². The molecule has 0 fully saturated rings. The minimum absolute atomic E-state index is 0.200. The number of aryl methyl sites for hydroxylation is 1. The summed E-state index contributed by atoms with van der Waals surface area (Å²) in [6.07, 6.45) is 0. The number of benzene rings is 1. The summed E-state index contributed by atoms with van der Waals surface area (Å²) in [6, 6.07) is 5.01. The van der Waals surface area contributed by atoms with E-state index in [9.17, 15) is 4.39 Å². The third kappa shape index (κ3) is 3.07. The summed E-state index contributed by atoms with van der Waals surface area (Å²) in [5.41, 5.74) is 7.81. The van der Waals surface area contributed by atoms with Crippen molar-refractivity contribution in [3.8, 4) is 0 Å². The van der Waals surface area contributed by atoms with Gasteiger partial charge in [-0.05, 0) is 44.0 Å². The molecule has 0 aliphatic rings. The average molecular weight is 280 g/mol. The largest absolute Gasteiger partial charge is 0.368 e. The van der Waals surface area contributed by atoms with Crippen LogP contribution in [0.2, 0.25) is 0 Å². The molecule has 0 aliphatic carbocycles. The molecule has 0 radical (unpaired) electrons. The maximum Gasteiger partial charge on any atom is 0.222 e. The van der Waals surface area contributed by atoms with Gasteiger partial charge in [0.25, 0.3) is 0 Å². The quantitative estimate of drug-likeness (QED) is 0.874. The highest BCUT2D eigenvalue weighted by atomic mass is 32.2. The van der Waals surface area contributed by atoms with E-state index in [1.54, 1.807) is 12.1 Å². The molecule has 102 valence electrons. The Morgan fingerprint density at radius 1 is 1.37 bits per heavy atom. The fourth-order valence-electron chi connectivity index (χ4n) is 1.81. The van der Waals surface area contributed by atoms with Gasteiger partial charge in [-0.3, -0.25) is 4.57 Å². The maximum absolute atomic E-state index is 13.2. The van der Waals surface area contributed by atoms with E-state index in [2.05, 4.69) is 10.2 Å². The zero-order valence-electron chi connectivity index (χ0n) is 11.2. The Hall–Kier alpha value is -1.56. The number of thioether (sulfide) groups is 1. The predicted molar refractivity (Wildman–Crippen MR) is 75.5 cm³/mol. The van der Waals surface area contributed by atoms with Crippen molar-refractivity contribution in [2.75, 3.05) is 5.73 Å². The molecule has 1 aromatic carbocycles. The van der Waals surface area contributed by atoms with Crippen molar-refractivity contribution in [3.63, 3.8) is 0 Å². The van der Waals surface area contributed by atoms with Crippen molar-refractivity contribution < 1.29 is 4.39 Å². The normalized spacial score (nSPS) is 11.2. The highest BCUT2D eigenvalue weighted by Crippen LogP contribution is 2.27. The first-order valence-electron chi connectivity index (χ1n) is 6.07. The molecule has 0 saturated carbocycles. The molecule has 2 aromatic rings. The summed E-state index contributed by atoms with van der Waals surface area (Å²) in [5, 5.41) is 8.71. The summed E-state index contributed by atoms with van der Waals surface area (Å²) in [5.74, 6) is 0.841. The number of rotatable bonds is 4. The smallest absolute Gasteiger partial charge is 0.222 e. The highest BCUT2D eigenvalue weighted by molar-refractivity contribution is 7.98. The monoisotopic (exact) mass is 280 g/mol. The summed E-state index contributed by atoms with van der Waals surface area (Å²) < 4.78 is 15.1. The molecule has 4 nitrogen and oxygen atoms in total.